The van der Waals surface area contributed by atoms with E-state index in [1.165, 1.54) is 6.33 Å². The Balaban J connectivity index is 1.50. The van der Waals surface area contributed by atoms with E-state index < -0.39 is 36.1 Å². The number of nitrogen functional groups attached to an aromatic ring is 1. The zero-order valence-electron chi connectivity index (χ0n) is 16.9. The highest BCUT2D eigenvalue weighted by Gasteiger charge is 2.40. The van der Waals surface area contributed by atoms with Gasteiger partial charge in [0, 0.05) is 6.42 Å². The van der Waals surface area contributed by atoms with Gasteiger partial charge in [-0.3, -0.25) is 4.57 Å². The lowest BCUT2D eigenvalue weighted by Gasteiger charge is -2.19. The lowest BCUT2D eigenvalue weighted by atomic mass is 10.1. The monoisotopic (exact) mass is 436 g/mol. The van der Waals surface area contributed by atoms with Crippen LogP contribution in [-0.2, 0) is 14.2 Å². The molecule has 2 heterocycles. The molecule has 1 aromatic heterocycles. The first kappa shape index (κ1) is 21.2. The minimum Gasteiger partial charge on any atom is -0.459 e. The van der Waals surface area contributed by atoms with E-state index in [1.54, 1.807) is 60.7 Å². The topological polar surface area (TPSA) is 136 Å². The average Bonchev–Trinajstić information content (AvgIpc) is 3.20. The Labute approximate surface area is 182 Å². The highest BCUT2D eigenvalue weighted by atomic mass is 16.6. The van der Waals surface area contributed by atoms with Gasteiger partial charge in [-0.05, 0) is 24.3 Å². The fourth-order valence-electron chi connectivity index (χ4n) is 3.29. The van der Waals surface area contributed by atoms with Crippen molar-refractivity contribution in [1.29, 1.82) is 0 Å². The van der Waals surface area contributed by atoms with Gasteiger partial charge in [-0.15, -0.1) is 0 Å². The van der Waals surface area contributed by atoms with Crippen LogP contribution in [0.5, 0.6) is 0 Å². The van der Waals surface area contributed by atoms with Crippen molar-refractivity contribution in [2.45, 2.75) is 24.9 Å². The molecule has 0 radical (unpaired) electrons. The van der Waals surface area contributed by atoms with Crippen molar-refractivity contribution >= 4 is 17.9 Å². The molecule has 3 aromatic rings. The SMILES string of the molecule is Nc1ncn([C@H]2C[C@H](OC(=O)c3ccccc3)[C@H](COC(=O)c3ccccc3)O2)c(=O)n1. The molecule has 3 atom stereocenters. The minimum absolute atomic E-state index is 0.138. The second-order valence-corrected chi connectivity index (χ2v) is 7.04. The van der Waals surface area contributed by atoms with E-state index in [4.69, 9.17) is 19.9 Å². The van der Waals surface area contributed by atoms with E-state index in [2.05, 4.69) is 9.97 Å². The number of ether oxygens (including phenoxy) is 3. The quantitative estimate of drug-likeness (QED) is 0.571. The van der Waals surface area contributed by atoms with Crippen LogP contribution in [0.25, 0.3) is 0 Å². The Morgan fingerprint density at radius 2 is 1.66 bits per heavy atom. The molecule has 2 aromatic carbocycles. The number of carbonyl (C=O) groups excluding carboxylic acids is 2. The highest BCUT2D eigenvalue weighted by molar-refractivity contribution is 5.90. The van der Waals surface area contributed by atoms with Crippen molar-refractivity contribution in [3.8, 4) is 0 Å². The van der Waals surface area contributed by atoms with Crippen LogP contribution in [0, 0.1) is 0 Å². The van der Waals surface area contributed by atoms with Gasteiger partial charge in [-0.2, -0.15) is 4.98 Å². The Morgan fingerprint density at radius 3 is 2.28 bits per heavy atom. The van der Waals surface area contributed by atoms with Crippen LogP contribution in [0.1, 0.15) is 33.4 Å². The summed E-state index contributed by atoms with van der Waals surface area (Å²) in [5, 5.41) is 0. The number of nitrogens with zero attached hydrogens (tertiary/aromatic N) is 3. The third-order valence-electron chi connectivity index (χ3n) is 4.89. The standard InChI is InChI=1S/C22H20N4O6/c23-21-24-13-26(22(29)25-21)18-11-16(32-20(28)15-9-5-2-6-10-15)17(31-18)12-30-19(27)14-7-3-1-4-8-14/h1-10,13,16-18H,11-12H2,(H2,23,25,29)/t16-,17-,18+/m0/s1. The van der Waals surface area contributed by atoms with Gasteiger partial charge < -0.3 is 19.9 Å². The number of esters is 2. The maximum atomic E-state index is 12.6. The Kier molecular flexibility index (Phi) is 6.22. The molecule has 32 heavy (non-hydrogen) atoms. The van der Waals surface area contributed by atoms with Crippen LogP contribution in [-0.4, -0.2) is 45.3 Å². The molecule has 1 fully saturated rings. The molecular formula is C22H20N4O6. The number of carbonyl (C=O) groups is 2. The number of aromatic nitrogens is 3. The third kappa shape index (κ3) is 4.81. The molecule has 1 aliphatic rings. The van der Waals surface area contributed by atoms with Gasteiger partial charge in [0.2, 0.25) is 5.95 Å². The number of nitrogens with two attached hydrogens (primary N) is 1. The van der Waals surface area contributed by atoms with Gasteiger partial charge in [-0.25, -0.2) is 19.4 Å². The van der Waals surface area contributed by atoms with Crippen LogP contribution in [0.3, 0.4) is 0 Å². The van der Waals surface area contributed by atoms with Crippen LogP contribution >= 0.6 is 0 Å². The smallest absolute Gasteiger partial charge is 0.354 e. The zero-order chi connectivity index (χ0) is 22.5. The summed E-state index contributed by atoms with van der Waals surface area (Å²) < 4.78 is 18.0. The van der Waals surface area contributed by atoms with Crippen molar-refractivity contribution in [3.63, 3.8) is 0 Å². The first-order chi connectivity index (χ1) is 15.5. The summed E-state index contributed by atoms with van der Waals surface area (Å²) in [6.45, 7) is -0.179. The van der Waals surface area contributed by atoms with E-state index in [9.17, 15) is 14.4 Å². The molecule has 0 aliphatic carbocycles. The number of rotatable bonds is 6. The molecule has 4 rings (SSSR count). The predicted octanol–water partition coefficient (Wildman–Crippen LogP) is 1.59. The van der Waals surface area contributed by atoms with E-state index in [0.29, 0.717) is 11.1 Å². The predicted molar refractivity (Wildman–Crippen MR) is 112 cm³/mol. The summed E-state index contributed by atoms with van der Waals surface area (Å²) in [6.07, 6.45) is -1.05. The highest BCUT2D eigenvalue weighted by Crippen LogP contribution is 2.31. The fraction of sp³-hybridized carbons (Fsp3) is 0.227. The molecule has 1 saturated heterocycles. The minimum atomic E-state index is -0.822. The van der Waals surface area contributed by atoms with E-state index in [-0.39, 0.29) is 19.0 Å². The Morgan fingerprint density at radius 1 is 1.03 bits per heavy atom. The number of hydrogen-bond donors (Lipinski definition) is 1. The summed E-state index contributed by atoms with van der Waals surface area (Å²) in [7, 11) is 0. The number of hydrogen-bond acceptors (Lipinski definition) is 9. The molecule has 1 aliphatic heterocycles. The second-order valence-electron chi connectivity index (χ2n) is 7.04. The van der Waals surface area contributed by atoms with Gasteiger partial charge in [0.05, 0.1) is 11.1 Å². The van der Waals surface area contributed by atoms with Gasteiger partial charge in [-0.1, -0.05) is 36.4 Å². The van der Waals surface area contributed by atoms with Crippen molar-refractivity contribution in [2.24, 2.45) is 0 Å². The zero-order valence-corrected chi connectivity index (χ0v) is 16.9. The molecule has 2 N–H and O–H groups in total. The van der Waals surface area contributed by atoms with Gasteiger partial charge in [0.25, 0.3) is 0 Å². The lowest BCUT2D eigenvalue weighted by Crippen LogP contribution is -2.32. The summed E-state index contributed by atoms with van der Waals surface area (Å²) in [5.41, 5.74) is 5.53. The molecule has 0 bridgehead atoms. The molecular weight excluding hydrogens is 416 g/mol. The van der Waals surface area contributed by atoms with Gasteiger partial charge in [0.15, 0.2) is 0 Å². The normalized spacial score (nSPS) is 19.9. The average molecular weight is 436 g/mol. The third-order valence-corrected chi connectivity index (χ3v) is 4.89. The van der Waals surface area contributed by atoms with Crippen LogP contribution in [0.15, 0.2) is 71.8 Å². The molecule has 0 spiro atoms. The molecule has 0 saturated carbocycles. The largest absolute Gasteiger partial charge is 0.459 e. The summed E-state index contributed by atoms with van der Waals surface area (Å²) in [4.78, 5) is 44.5. The Hall–Kier alpha value is -4.05. The Bertz CT molecular complexity index is 1150. The lowest BCUT2D eigenvalue weighted by molar-refractivity contribution is -0.0584. The molecule has 10 nitrogen and oxygen atoms in total. The van der Waals surface area contributed by atoms with Crippen LogP contribution < -0.4 is 11.4 Å². The number of anilines is 1. The molecule has 0 amide bonds. The van der Waals surface area contributed by atoms with Crippen molar-refractivity contribution in [2.75, 3.05) is 12.3 Å². The van der Waals surface area contributed by atoms with Crippen molar-refractivity contribution in [3.05, 3.63) is 88.6 Å². The van der Waals surface area contributed by atoms with E-state index >= 15 is 0 Å². The maximum absolute atomic E-state index is 12.6. The van der Waals surface area contributed by atoms with Gasteiger partial charge in [0.1, 0.15) is 31.4 Å². The fourth-order valence-corrected chi connectivity index (χ4v) is 3.29. The summed E-state index contributed by atoms with van der Waals surface area (Å²) in [5.74, 6) is -1.26. The molecule has 0 unspecified atom stereocenters. The maximum Gasteiger partial charge on any atom is 0.354 e. The van der Waals surface area contributed by atoms with Crippen molar-refractivity contribution in [1.82, 2.24) is 14.5 Å². The summed E-state index contributed by atoms with van der Waals surface area (Å²) in [6, 6.07) is 16.9. The van der Waals surface area contributed by atoms with Gasteiger partial charge >= 0.3 is 17.6 Å². The van der Waals surface area contributed by atoms with Crippen LogP contribution in [0.2, 0.25) is 0 Å². The van der Waals surface area contributed by atoms with E-state index in [0.717, 1.165) is 4.57 Å². The molecule has 164 valence electrons. The molecule has 10 heteroatoms. The first-order valence-corrected chi connectivity index (χ1v) is 9.85. The van der Waals surface area contributed by atoms with E-state index in [1.807, 2.05) is 0 Å². The first-order valence-electron chi connectivity index (χ1n) is 9.85. The summed E-state index contributed by atoms with van der Waals surface area (Å²) >= 11 is 0. The number of benzene rings is 2. The van der Waals surface area contributed by atoms with Crippen molar-refractivity contribution < 1.29 is 23.8 Å². The second kappa shape index (κ2) is 9.40. The van der Waals surface area contributed by atoms with Crippen LogP contribution in [0.4, 0.5) is 5.95 Å².